The Labute approximate surface area is 142 Å². The van der Waals surface area contributed by atoms with Crippen molar-refractivity contribution in [1.82, 2.24) is 15.5 Å². The van der Waals surface area contributed by atoms with E-state index in [1.165, 1.54) is 4.88 Å². The number of carbonyl (C=O) groups is 1. The lowest BCUT2D eigenvalue weighted by molar-refractivity contribution is 0.0264. The van der Waals surface area contributed by atoms with Crippen molar-refractivity contribution < 1.29 is 9.53 Å². The van der Waals surface area contributed by atoms with Gasteiger partial charge in [-0.15, -0.1) is 11.3 Å². The van der Waals surface area contributed by atoms with E-state index in [1.54, 1.807) is 23.3 Å². The third kappa shape index (κ3) is 7.88. The molecule has 0 unspecified atom stereocenters. The summed E-state index contributed by atoms with van der Waals surface area (Å²) >= 11 is 1.70. The summed E-state index contributed by atoms with van der Waals surface area (Å²) in [6.45, 7) is 10.1. The molecule has 2 N–H and O–H groups in total. The predicted octanol–water partition coefficient (Wildman–Crippen LogP) is 2.67. The Balaban J connectivity index is 2.35. The van der Waals surface area contributed by atoms with Crippen molar-refractivity contribution in [1.29, 1.82) is 0 Å². The maximum atomic E-state index is 12.0. The van der Waals surface area contributed by atoms with E-state index in [0.29, 0.717) is 19.6 Å². The Bertz CT molecular complexity index is 495. The van der Waals surface area contributed by atoms with E-state index >= 15 is 0 Å². The summed E-state index contributed by atoms with van der Waals surface area (Å²) in [6.07, 6.45) is -0.289. The molecule has 0 bridgehead atoms. The zero-order valence-electron chi connectivity index (χ0n) is 14.7. The number of rotatable bonds is 6. The van der Waals surface area contributed by atoms with Crippen LogP contribution in [-0.4, -0.2) is 49.2 Å². The smallest absolute Gasteiger partial charge is 0.410 e. The molecule has 0 saturated carbocycles. The molecule has 0 spiro atoms. The number of ether oxygens (including phenoxy) is 1. The number of nitrogens with zero attached hydrogens (tertiary/aromatic N) is 2. The maximum Gasteiger partial charge on any atom is 0.410 e. The number of hydrogen-bond donors (Lipinski definition) is 2. The van der Waals surface area contributed by atoms with Gasteiger partial charge in [0.2, 0.25) is 0 Å². The van der Waals surface area contributed by atoms with Crippen molar-refractivity contribution in [2.75, 3.05) is 26.7 Å². The average molecular weight is 340 g/mol. The van der Waals surface area contributed by atoms with Gasteiger partial charge < -0.3 is 20.3 Å². The molecule has 0 aliphatic rings. The molecule has 0 radical (unpaired) electrons. The highest BCUT2D eigenvalue weighted by molar-refractivity contribution is 7.09. The lowest BCUT2D eigenvalue weighted by Gasteiger charge is -2.26. The van der Waals surface area contributed by atoms with Crippen LogP contribution >= 0.6 is 11.3 Å². The van der Waals surface area contributed by atoms with Crippen LogP contribution in [0.3, 0.4) is 0 Å². The fraction of sp³-hybridized carbons (Fsp3) is 0.625. The molecule has 1 amide bonds. The molecular formula is C16H28N4O2S. The first-order valence-electron chi connectivity index (χ1n) is 7.80. The van der Waals surface area contributed by atoms with E-state index in [4.69, 9.17) is 4.74 Å². The van der Waals surface area contributed by atoms with Crippen LogP contribution in [0.4, 0.5) is 4.79 Å². The lowest BCUT2D eigenvalue weighted by Crippen LogP contribution is -2.44. The average Bonchev–Trinajstić information content (AvgIpc) is 2.98. The highest BCUT2D eigenvalue weighted by Gasteiger charge is 2.20. The minimum atomic E-state index is -0.476. The first-order chi connectivity index (χ1) is 10.9. The Kier molecular flexibility index (Phi) is 7.88. The van der Waals surface area contributed by atoms with E-state index in [9.17, 15) is 4.79 Å². The van der Waals surface area contributed by atoms with E-state index in [-0.39, 0.29) is 6.09 Å². The van der Waals surface area contributed by atoms with Crippen molar-refractivity contribution in [2.45, 2.75) is 39.8 Å². The molecule has 1 rings (SSSR count). The van der Waals surface area contributed by atoms with Gasteiger partial charge in [0.1, 0.15) is 5.60 Å². The molecule has 0 aliphatic carbocycles. The minimum Gasteiger partial charge on any atom is -0.444 e. The van der Waals surface area contributed by atoms with Crippen molar-refractivity contribution in [3.8, 4) is 0 Å². The molecule has 0 fully saturated rings. The highest BCUT2D eigenvalue weighted by atomic mass is 32.1. The summed E-state index contributed by atoms with van der Waals surface area (Å²) in [5.74, 6) is 0.721. The van der Waals surface area contributed by atoms with Gasteiger partial charge in [0.05, 0.1) is 6.54 Å². The predicted molar refractivity (Wildman–Crippen MR) is 96.0 cm³/mol. The topological polar surface area (TPSA) is 66.0 Å². The number of nitrogens with one attached hydrogen (secondary N) is 2. The summed E-state index contributed by atoms with van der Waals surface area (Å²) in [5, 5.41) is 8.50. The Morgan fingerprint density at radius 2 is 2.13 bits per heavy atom. The van der Waals surface area contributed by atoms with Crippen molar-refractivity contribution in [3.05, 3.63) is 22.4 Å². The summed E-state index contributed by atoms with van der Waals surface area (Å²) in [7, 11) is 1.73. The molecule has 130 valence electrons. The third-order valence-corrected chi connectivity index (χ3v) is 3.82. The van der Waals surface area contributed by atoms with Crippen LogP contribution in [0.25, 0.3) is 0 Å². The van der Waals surface area contributed by atoms with Crippen LogP contribution in [0, 0.1) is 0 Å². The van der Waals surface area contributed by atoms with Gasteiger partial charge in [-0.05, 0) is 39.1 Å². The minimum absolute atomic E-state index is 0.289. The number of amides is 1. The lowest BCUT2D eigenvalue weighted by atomic mass is 10.2. The van der Waals surface area contributed by atoms with Crippen molar-refractivity contribution >= 4 is 23.4 Å². The van der Waals surface area contributed by atoms with Gasteiger partial charge in [-0.25, -0.2) is 4.79 Å². The first kappa shape index (κ1) is 19.3. The number of hydrogen-bond acceptors (Lipinski definition) is 4. The molecule has 1 heterocycles. The number of likely N-dealkylation sites (N-methyl/N-ethyl adjacent to an activating group) is 1. The number of thiophene rings is 1. The van der Waals surface area contributed by atoms with Crippen LogP contribution in [-0.2, 0) is 11.3 Å². The summed E-state index contributed by atoms with van der Waals surface area (Å²) in [5.41, 5.74) is -0.476. The summed E-state index contributed by atoms with van der Waals surface area (Å²) in [6, 6.07) is 4.10. The molecule has 0 aliphatic heterocycles. The van der Waals surface area contributed by atoms with Gasteiger partial charge in [-0.1, -0.05) is 6.07 Å². The molecule has 0 atom stereocenters. The van der Waals surface area contributed by atoms with Gasteiger partial charge >= 0.3 is 6.09 Å². The first-order valence-corrected chi connectivity index (χ1v) is 8.68. The number of carbonyl (C=O) groups excluding carboxylic acids is 1. The molecule has 7 heteroatoms. The third-order valence-electron chi connectivity index (χ3n) is 2.94. The van der Waals surface area contributed by atoms with Crippen LogP contribution in [0.1, 0.15) is 32.6 Å². The highest BCUT2D eigenvalue weighted by Crippen LogP contribution is 2.09. The summed E-state index contributed by atoms with van der Waals surface area (Å²) < 4.78 is 5.39. The second kappa shape index (κ2) is 9.39. The molecule has 0 aromatic carbocycles. The van der Waals surface area contributed by atoms with E-state index in [0.717, 1.165) is 12.5 Å². The molecule has 1 aromatic heterocycles. The molecule has 0 saturated heterocycles. The molecule has 23 heavy (non-hydrogen) atoms. The second-order valence-corrected chi connectivity index (χ2v) is 7.02. The fourth-order valence-electron chi connectivity index (χ4n) is 1.82. The van der Waals surface area contributed by atoms with Crippen LogP contribution in [0.5, 0.6) is 0 Å². The summed E-state index contributed by atoms with van der Waals surface area (Å²) in [4.78, 5) is 19.1. The van der Waals surface area contributed by atoms with E-state index in [1.807, 2.05) is 39.1 Å². The molecular weight excluding hydrogens is 312 g/mol. The Morgan fingerprint density at radius 3 is 2.65 bits per heavy atom. The quantitative estimate of drug-likeness (QED) is 0.617. The number of guanidine groups is 1. The number of aliphatic imine (C=N–C) groups is 1. The Hall–Kier alpha value is -1.76. The van der Waals surface area contributed by atoms with Crippen molar-refractivity contribution in [3.63, 3.8) is 0 Å². The van der Waals surface area contributed by atoms with Crippen LogP contribution in [0.2, 0.25) is 0 Å². The van der Waals surface area contributed by atoms with Gasteiger partial charge in [0.15, 0.2) is 5.96 Å². The van der Waals surface area contributed by atoms with Gasteiger partial charge in [-0.2, -0.15) is 0 Å². The zero-order valence-corrected chi connectivity index (χ0v) is 15.5. The monoisotopic (exact) mass is 340 g/mol. The van der Waals surface area contributed by atoms with Gasteiger partial charge in [0.25, 0.3) is 0 Å². The van der Waals surface area contributed by atoms with Gasteiger partial charge in [-0.3, -0.25) is 4.99 Å². The fourth-order valence-corrected chi connectivity index (χ4v) is 2.46. The molecule has 6 nitrogen and oxygen atoms in total. The van der Waals surface area contributed by atoms with Crippen LogP contribution < -0.4 is 10.6 Å². The molecule has 1 aromatic rings. The maximum absolute atomic E-state index is 12.0. The SMILES string of the molecule is CCN(CCNC(=NC)NCc1cccs1)C(=O)OC(C)(C)C. The largest absolute Gasteiger partial charge is 0.444 e. The normalized spacial score (nSPS) is 12.0. The Morgan fingerprint density at radius 1 is 1.39 bits per heavy atom. The van der Waals surface area contributed by atoms with Crippen LogP contribution in [0.15, 0.2) is 22.5 Å². The zero-order chi connectivity index (χ0) is 17.3. The van der Waals surface area contributed by atoms with E-state index in [2.05, 4.69) is 21.7 Å². The van der Waals surface area contributed by atoms with E-state index < -0.39 is 5.60 Å². The standard InChI is InChI=1S/C16H28N4O2S/c1-6-20(15(21)22-16(2,3)4)10-9-18-14(17-5)19-12-13-8-7-11-23-13/h7-8,11H,6,9-10,12H2,1-5H3,(H2,17,18,19). The van der Waals surface area contributed by atoms with Gasteiger partial charge in [0, 0.05) is 31.6 Å². The second-order valence-electron chi connectivity index (χ2n) is 5.99. The van der Waals surface area contributed by atoms with Crippen molar-refractivity contribution in [2.24, 2.45) is 4.99 Å².